The standard InChI is InChI=1S/C16H19NO/c1-11(2)14-10-17(9-12-7-8-12)15-6-4-3-5-13(15)16(14)18/h3-6,10-12H,7-9H2,1-2H3. The average Bonchev–Trinajstić information content (AvgIpc) is 3.16. The molecule has 0 saturated heterocycles. The van der Waals surface area contributed by atoms with Gasteiger partial charge in [0, 0.05) is 23.7 Å². The Bertz CT molecular complexity index is 635. The van der Waals surface area contributed by atoms with Gasteiger partial charge in [-0.1, -0.05) is 26.0 Å². The van der Waals surface area contributed by atoms with Gasteiger partial charge in [0.05, 0.1) is 5.52 Å². The van der Waals surface area contributed by atoms with Gasteiger partial charge in [0.15, 0.2) is 5.43 Å². The van der Waals surface area contributed by atoms with Gasteiger partial charge in [-0.05, 0) is 36.8 Å². The van der Waals surface area contributed by atoms with Crippen LogP contribution < -0.4 is 5.43 Å². The van der Waals surface area contributed by atoms with Crippen molar-refractivity contribution in [2.75, 3.05) is 0 Å². The molecule has 0 unspecified atom stereocenters. The van der Waals surface area contributed by atoms with Crippen LogP contribution in [-0.4, -0.2) is 4.57 Å². The van der Waals surface area contributed by atoms with Crippen molar-refractivity contribution in [1.29, 1.82) is 0 Å². The maximum absolute atomic E-state index is 12.4. The van der Waals surface area contributed by atoms with Crippen molar-refractivity contribution in [2.45, 2.75) is 39.2 Å². The van der Waals surface area contributed by atoms with Crippen LogP contribution in [0.1, 0.15) is 38.2 Å². The van der Waals surface area contributed by atoms with E-state index in [9.17, 15) is 4.79 Å². The van der Waals surface area contributed by atoms with E-state index in [1.807, 2.05) is 18.2 Å². The third-order valence-corrected chi connectivity index (χ3v) is 3.79. The fourth-order valence-corrected chi connectivity index (χ4v) is 2.51. The highest BCUT2D eigenvalue weighted by atomic mass is 16.1. The summed E-state index contributed by atoms with van der Waals surface area (Å²) in [4.78, 5) is 12.4. The lowest BCUT2D eigenvalue weighted by Gasteiger charge is -2.14. The SMILES string of the molecule is CC(C)c1cn(CC2CC2)c2ccccc2c1=O. The molecule has 3 rings (SSSR count). The Morgan fingerprint density at radius 2 is 2.00 bits per heavy atom. The molecule has 1 heterocycles. The molecule has 0 radical (unpaired) electrons. The van der Waals surface area contributed by atoms with E-state index in [1.165, 1.54) is 12.8 Å². The van der Waals surface area contributed by atoms with Crippen molar-refractivity contribution < 1.29 is 0 Å². The minimum atomic E-state index is 0.202. The fourth-order valence-electron chi connectivity index (χ4n) is 2.51. The summed E-state index contributed by atoms with van der Waals surface area (Å²) < 4.78 is 2.28. The van der Waals surface area contributed by atoms with Crippen LogP contribution in [0.4, 0.5) is 0 Å². The Balaban J connectivity index is 2.25. The first-order valence-electron chi connectivity index (χ1n) is 6.79. The number of hydrogen-bond acceptors (Lipinski definition) is 1. The molecule has 18 heavy (non-hydrogen) atoms. The second-order valence-corrected chi connectivity index (χ2v) is 5.68. The molecule has 1 aliphatic carbocycles. The summed E-state index contributed by atoms with van der Waals surface area (Å²) in [7, 11) is 0. The van der Waals surface area contributed by atoms with Crippen molar-refractivity contribution in [2.24, 2.45) is 5.92 Å². The summed E-state index contributed by atoms with van der Waals surface area (Å²) in [6, 6.07) is 7.98. The predicted octanol–water partition coefficient (Wildman–Crippen LogP) is 3.53. The topological polar surface area (TPSA) is 22.0 Å². The van der Waals surface area contributed by atoms with E-state index in [4.69, 9.17) is 0 Å². The molecule has 0 aliphatic heterocycles. The van der Waals surface area contributed by atoms with Crippen molar-refractivity contribution in [1.82, 2.24) is 4.57 Å². The number of hydrogen-bond donors (Lipinski definition) is 0. The number of para-hydroxylation sites is 1. The van der Waals surface area contributed by atoms with Gasteiger partial charge in [0.25, 0.3) is 0 Å². The molecule has 94 valence electrons. The van der Waals surface area contributed by atoms with Gasteiger partial charge in [0.2, 0.25) is 0 Å². The van der Waals surface area contributed by atoms with Crippen LogP contribution in [0.5, 0.6) is 0 Å². The molecule has 1 saturated carbocycles. The minimum absolute atomic E-state index is 0.202. The molecule has 0 N–H and O–H groups in total. The van der Waals surface area contributed by atoms with Gasteiger partial charge in [0.1, 0.15) is 0 Å². The number of fused-ring (bicyclic) bond motifs is 1. The van der Waals surface area contributed by atoms with E-state index in [2.05, 4.69) is 30.7 Å². The Labute approximate surface area is 107 Å². The van der Waals surface area contributed by atoms with E-state index in [0.29, 0.717) is 0 Å². The maximum Gasteiger partial charge on any atom is 0.192 e. The lowest BCUT2D eigenvalue weighted by molar-refractivity contribution is 0.635. The molecule has 0 atom stereocenters. The van der Waals surface area contributed by atoms with Gasteiger partial charge in [-0.2, -0.15) is 0 Å². The highest BCUT2D eigenvalue weighted by molar-refractivity contribution is 5.79. The van der Waals surface area contributed by atoms with Gasteiger partial charge in [-0.15, -0.1) is 0 Å². The third kappa shape index (κ3) is 1.96. The zero-order chi connectivity index (χ0) is 12.7. The average molecular weight is 241 g/mol. The first-order valence-corrected chi connectivity index (χ1v) is 6.79. The van der Waals surface area contributed by atoms with Gasteiger partial charge < -0.3 is 4.57 Å². The number of pyridine rings is 1. The predicted molar refractivity (Wildman–Crippen MR) is 75.0 cm³/mol. The monoisotopic (exact) mass is 241 g/mol. The Kier molecular flexibility index (Phi) is 2.73. The number of aromatic nitrogens is 1. The van der Waals surface area contributed by atoms with Crippen LogP contribution in [0, 0.1) is 5.92 Å². The van der Waals surface area contributed by atoms with Crippen LogP contribution in [-0.2, 0) is 6.54 Å². The van der Waals surface area contributed by atoms with Gasteiger partial charge >= 0.3 is 0 Å². The molecule has 1 aliphatic rings. The molecule has 2 heteroatoms. The van der Waals surface area contributed by atoms with Crippen LogP contribution >= 0.6 is 0 Å². The van der Waals surface area contributed by atoms with Crippen molar-refractivity contribution in [3.05, 3.63) is 46.2 Å². The molecule has 1 fully saturated rings. The Morgan fingerprint density at radius 1 is 1.28 bits per heavy atom. The zero-order valence-corrected chi connectivity index (χ0v) is 11.0. The Hall–Kier alpha value is -1.57. The summed E-state index contributed by atoms with van der Waals surface area (Å²) in [5.74, 6) is 1.10. The maximum atomic E-state index is 12.4. The first-order chi connectivity index (χ1) is 8.66. The number of rotatable bonds is 3. The van der Waals surface area contributed by atoms with E-state index in [-0.39, 0.29) is 11.3 Å². The fraction of sp³-hybridized carbons (Fsp3) is 0.438. The van der Waals surface area contributed by atoms with E-state index < -0.39 is 0 Å². The van der Waals surface area contributed by atoms with Crippen LogP contribution in [0.3, 0.4) is 0 Å². The smallest absolute Gasteiger partial charge is 0.192 e. The molecular weight excluding hydrogens is 222 g/mol. The quantitative estimate of drug-likeness (QED) is 0.805. The van der Waals surface area contributed by atoms with Crippen molar-refractivity contribution >= 4 is 10.9 Å². The number of benzene rings is 1. The van der Waals surface area contributed by atoms with E-state index >= 15 is 0 Å². The molecule has 0 bridgehead atoms. The molecule has 0 spiro atoms. The van der Waals surface area contributed by atoms with Crippen molar-refractivity contribution in [3.8, 4) is 0 Å². The summed E-state index contributed by atoms with van der Waals surface area (Å²) >= 11 is 0. The molecule has 1 aromatic carbocycles. The Morgan fingerprint density at radius 3 is 2.67 bits per heavy atom. The third-order valence-electron chi connectivity index (χ3n) is 3.79. The second kappa shape index (κ2) is 4.27. The van der Waals surface area contributed by atoms with Crippen molar-refractivity contribution in [3.63, 3.8) is 0 Å². The molecule has 0 amide bonds. The largest absolute Gasteiger partial charge is 0.347 e. The second-order valence-electron chi connectivity index (χ2n) is 5.68. The normalized spacial score (nSPS) is 15.5. The molecule has 2 aromatic rings. The molecule has 1 aromatic heterocycles. The first kappa shape index (κ1) is 11.5. The zero-order valence-electron chi connectivity index (χ0n) is 11.0. The van der Waals surface area contributed by atoms with Crippen LogP contribution in [0.2, 0.25) is 0 Å². The van der Waals surface area contributed by atoms with Crippen LogP contribution in [0.25, 0.3) is 10.9 Å². The molecule has 2 nitrogen and oxygen atoms in total. The minimum Gasteiger partial charge on any atom is -0.347 e. The van der Waals surface area contributed by atoms with Crippen LogP contribution in [0.15, 0.2) is 35.3 Å². The summed E-state index contributed by atoms with van der Waals surface area (Å²) in [6.45, 7) is 5.24. The summed E-state index contributed by atoms with van der Waals surface area (Å²) in [6.07, 6.45) is 4.74. The summed E-state index contributed by atoms with van der Waals surface area (Å²) in [5.41, 5.74) is 2.22. The van der Waals surface area contributed by atoms with Gasteiger partial charge in [-0.25, -0.2) is 0 Å². The summed E-state index contributed by atoms with van der Waals surface area (Å²) in [5, 5.41) is 0.865. The lowest BCUT2D eigenvalue weighted by atomic mass is 10.0. The molecular formula is C16H19NO. The highest BCUT2D eigenvalue weighted by Crippen LogP contribution is 2.31. The highest BCUT2D eigenvalue weighted by Gasteiger charge is 2.22. The number of nitrogens with zero attached hydrogens (tertiary/aromatic N) is 1. The van der Waals surface area contributed by atoms with E-state index in [1.54, 1.807) is 0 Å². The lowest BCUT2D eigenvalue weighted by Crippen LogP contribution is -2.16. The van der Waals surface area contributed by atoms with E-state index in [0.717, 1.165) is 28.9 Å². The van der Waals surface area contributed by atoms with Gasteiger partial charge in [-0.3, -0.25) is 4.79 Å².